The number of carbonyl (C=O) groups excluding carboxylic acids is 2. The maximum atomic E-state index is 12.6. The van der Waals surface area contributed by atoms with Crippen LogP contribution in [0.2, 0.25) is 0 Å². The summed E-state index contributed by atoms with van der Waals surface area (Å²) in [6.45, 7) is 3.40. The van der Waals surface area contributed by atoms with E-state index >= 15 is 0 Å². The van der Waals surface area contributed by atoms with Gasteiger partial charge in [-0.25, -0.2) is 9.59 Å². The lowest BCUT2D eigenvalue weighted by Gasteiger charge is -2.43. The molecule has 1 aromatic heterocycles. The van der Waals surface area contributed by atoms with Gasteiger partial charge in [-0.1, -0.05) is 0 Å². The van der Waals surface area contributed by atoms with Gasteiger partial charge in [-0.2, -0.15) is 0 Å². The minimum Gasteiger partial charge on any atom is -0.480 e. The fourth-order valence-electron chi connectivity index (χ4n) is 3.75. The number of thioether (sulfide) groups is 1. The molecule has 2 amide bonds. The Labute approximate surface area is 172 Å². The SMILES string of the molecule is CC1(C)SC2C(NC(=O)c3cc4cc([N+](=O)[O-])ccc4oc3=O)C(=O)N2C1C(=O)O. The average molecular weight is 433 g/mol. The van der Waals surface area contributed by atoms with E-state index in [4.69, 9.17) is 4.42 Å². The second kappa shape index (κ2) is 6.55. The van der Waals surface area contributed by atoms with E-state index in [-0.39, 0.29) is 16.7 Å². The predicted octanol–water partition coefficient (Wildman–Crippen LogP) is 0.946. The van der Waals surface area contributed by atoms with Crippen molar-refractivity contribution in [2.75, 3.05) is 0 Å². The molecule has 2 N–H and O–H groups in total. The van der Waals surface area contributed by atoms with Crippen LogP contribution in [0.25, 0.3) is 11.0 Å². The fraction of sp³-hybridized carbons (Fsp3) is 0.333. The van der Waals surface area contributed by atoms with Crippen LogP contribution in [0.4, 0.5) is 5.69 Å². The predicted molar refractivity (Wildman–Crippen MR) is 104 cm³/mol. The van der Waals surface area contributed by atoms with Crippen LogP contribution in [-0.4, -0.2) is 54.9 Å². The number of hydrogen-bond acceptors (Lipinski definition) is 8. The number of rotatable bonds is 4. The molecule has 12 heteroatoms. The van der Waals surface area contributed by atoms with Crippen molar-refractivity contribution in [2.45, 2.75) is 36.1 Å². The molecule has 1 aromatic carbocycles. The number of β-lactam (4-membered cyclic amide) rings is 1. The summed E-state index contributed by atoms with van der Waals surface area (Å²) in [5.41, 5.74) is -1.53. The molecule has 0 spiro atoms. The standard InChI is InChI=1S/C18H15N3O8S/c1-18(2)12(16(24)25)20-14(23)11(15(20)30-18)19-13(22)9-6-7-5-8(21(27)28)3-4-10(7)29-17(9)26/h3-6,11-12,15H,1-2H3,(H,19,22)(H,24,25). The van der Waals surface area contributed by atoms with Crippen LogP contribution in [0, 0.1) is 10.1 Å². The lowest BCUT2D eigenvalue weighted by molar-refractivity contribution is -0.384. The molecular weight excluding hydrogens is 418 g/mol. The van der Waals surface area contributed by atoms with Crippen LogP contribution in [0.1, 0.15) is 24.2 Å². The molecule has 2 aromatic rings. The van der Waals surface area contributed by atoms with E-state index < -0.39 is 56.1 Å². The van der Waals surface area contributed by atoms with Gasteiger partial charge in [0.2, 0.25) is 5.91 Å². The average Bonchev–Trinajstić information content (AvgIpc) is 2.93. The number of carboxylic acids is 1. The molecule has 2 saturated heterocycles. The van der Waals surface area contributed by atoms with Crippen LogP contribution in [0.15, 0.2) is 33.5 Å². The molecule has 2 aliphatic rings. The third kappa shape index (κ3) is 2.91. The van der Waals surface area contributed by atoms with Crippen molar-refractivity contribution in [3.05, 3.63) is 50.4 Å². The van der Waals surface area contributed by atoms with Gasteiger partial charge in [-0.05, 0) is 26.0 Å². The molecule has 3 unspecified atom stereocenters. The monoisotopic (exact) mass is 433 g/mol. The minimum atomic E-state index is -1.13. The molecule has 0 aliphatic carbocycles. The van der Waals surface area contributed by atoms with Crippen molar-refractivity contribution in [3.63, 3.8) is 0 Å². The first kappa shape index (κ1) is 19.9. The zero-order valence-corrected chi connectivity index (χ0v) is 16.5. The van der Waals surface area contributed by atoms with Crippen molar-refractivity contribution >= 4 is 46.2 Å². The highest BCUT2D eigenvalue weighted by Crippen LogP contribution is 2.50. The van der Waals surface area contributed by atoms with Gasteiger partial charge in [0.1, 0.15) is 28.6 Å². The largest absolute Gasteiger partial charge is 0.480 e. The molecule has 3 heterocycles. The van der Waals surface area contributed by atoms with Gasteiger partial charge in [0.15, 0.2) is 0 Å². The fourth-order valence-corrected chi connectivity index (χ4v) is 5.37. The second-order valence-electron chi connectivity index (χ2n) is 7.48. The Kier molecular flexibility index (Phi) is 4.34. The van der Waals surface area contributed by atoms with Gasteiger partial charge in [0.05, 0.1) is 4.92 Å². The van der Waals surface area contributed by atoms with E-state index in [1.54, 1.807) is 13.8 Å². The lowest BCUT2D eigenvalue weighted by atomic mass is 9.96. The van der Waals surface area contributed by atoms with E-state index in [0.717, 1.165) is 12.1 Å². The van der Waals surface area contributed by atoms with Gasteiger partial charge < -0.3 is 19.7 Å². The Hall–Kier alpha value is -3.41. The number of nitro benzene ring substituents is 1. The molecule has 3 atom stereocenters. The molecular formula is C18H15N3O8S. The van der Waals surface area contributed by atoms with Crippen LogP contribution in [-0.2, 0) is 9.59 Å². The number of carboxylic acid groups (broad SMARTS) is 1. The van der Waals surface area contributed by atoms with Gasteiger partial charge in [0, 0.05) is 22.3 Å². The number of nitrogens with one attached hydrogen (secondary N) is 1. The van der Waals surface area contributed by atoms with Gasteiger partial charge in [0.25, 0.3) is 11.6 Å². The number of aliphatic carboxylic acids is 1. The normalized spacial score (nSPS) is 24.3. The zero-order chi connectivity index (χ0) is 22.0. The molecule has 11 nitrogen and oxygen atoms in total. The van der Waals surface area contributed by atoms with E-state index in [0.29, 0.717) is 0 Å². The van der Waals surface area contributed by atoms with Crippen molar-refractivity contribution < 1.29 is 28.8 Å². The van der Waals surface area contributed by atoms with E-state index in [2.05, 4.69) is 5.32 Å². The Morgan fingerprint density at radius 2 is 2.00 bits per heavy atom. The number of fused-ring (bicyclic) bond motifs is 2. The quantitative estimate of drug-likeness (QED) is 0.309. The van der Waals surface area contributed by atoms with Crippen LogP contribution in [0.5, 0.6) is 0 Å². The number of hydrogen-bond donors (Lipinski definition) is 2. The number of carbonyl (C=O) groups is 3. The van der Waals surface area contributed by atoms with Gasteiger partial charge in [-0.3, -0.25) is 19.7 Å². The topological polar surface area (TPSA) is 160 Å². The molecule has 0 bridgehead atoms. The highest BCUT2D eigenvalue weighted by atomic mass is 32.2. The summed E-state index contributed by atoms with van der Waals surface area (Å²) < 4.78 is 4.30. The number of nitrogens with zero attached hydrogens (tertiary/aromatic N) is 2. The molecule has 2 fully saturated rings. The van der Waals surface area contributed by atoms with Crippen molar-refractivity contribution in [1.29, 1.82) is 0 Å². The minimum absolute atomic E-state index is 0.0745. The zero-order valence-electron chi connectivity index (χ0n) is 15.6. The summed E-state index contributed by atoms with van der Waals surface area (Å²) in [7, 11) is 0. The third-order valence-electron chi connectivity index (χ3n) is 5.13. The lowest BCUT2D eigenvalue weighted by Crippen LogP contribution is -2.70. The summed E-state index contributed by atoms with van der Waals surface area (Å²) in [5, 5.41) is 22.4. The van der Waals surface area contributed by atoms with Gasteiger partial charge >= 0.3 is 11.6 Å². The van der Waals surface area contributed by atoms with Gasteiger partial charge in [-0.15, -0.1) is 11.8 Å². The van der Waals surface area contributed by atoms with Crippen LogP contribution in [0.3, 0.4) is 0 Å². The van der Waals surface area contributed by atoms with E-state index in [1.807, 2.05) is 0 Å². The van der Waals surface area contributed by atoms with Crippen LogP contribution >= 0.6 is 11.8 Å². The highest BCUT2D eigenvalue weighted by molar-refractivity contribution is 8.01. The molecule has 156 valence electrons. The number of benzene rings is 1. The second-order valence-corrected chi connectivity index (χ2v) is 9.25. The number of amides is 2. The van der Waals surface area contributed by atoms with Crippen LogP contribution < -0.4 is 10.9 Å². The first-order valence-electron chi connectivity index (χ1n) is 8.77. The molecule has 30 heavy (non-hydrogen) atoms. The number of nitro groups is 1. The first-order chi connectivity index (χ1) is 14.0. The summed E-state index contributed by atoms with van der Waals surface area (Å²) in [5.74, 6) is -2.57. The third-order valence-corrected chi connectivity index (χ3v) is 6.70. The summed E-state index contributed by atoms with van der Waals surface area (Å²) >= 11 is 1.25. The van der Waals surface area contributed by atoms with Crippen molar-refractivity contribution in [2.24, 2.45) is 0 Å². The number of non-ortho nitro benzene ring substituents is 1. The maximum absolute atomic E-state index is 12.6. The Bertz CT molecular complexity index is 1190. The smallest absolute Gasteiger partial charge is 0.349 e. The van der Waals surface area contributed by atoms with Crippen molar-refractivity contribution in [3.8, 4) is 0 Å². The summed E-state index contributed by atoms with van der Waals surface area (Å²) in [6, 6.07) is 2.73. The maximum Gasteiger partial charge on any atom is 0.349 e. The van der Waals surface area contributed by atoms with E-state index in [1.165, 1.54) is 28.8 Å². The Morgan fingerprint density at radius 1 is 1.30 bits per heavy atom. The molecule has 0 saturated carbocycles. The highest BCUT2D eigenvalue weighted by Gasteiger charge is 2.64. The van der Waals surface area contributed by atoms with E-state index in [9.17, 15) is 34.4 Å². The molecule has 0 radical (unpaired) electrons. The van der Waals surface area contributed by atoms with Crippen molar-refractivity contribution in [1.82, 2.24) is 10.2 Å². The Morgan fingerprint density at radius 3 is 2.63 bits per heavy atom. The summed E-state index contributed by atoms with van der Waals surface area (Å²) in [4.78, 5) is 60.4. The first-order valence-corrected chi connectivity index (χ1v) is 9.65. The summed E-state index contributed by atoms with van der Waals surface area (Å²) in [6.07, 6.45) is 0. The Balaban J connectivity index is 1.60. The molecule has 4 rings (SSSR count). The molecule has 2 aliphatic heterocycles.